The highest BCUT2D eigenvalue weighted by Gasteiger charge is 2.29. The zero-order valence-corrected chi connectivity index (χ0v) is 74.4. The summed E-state index contributed by atoms with van der Waals surface area (Å²) in [6.45, 7) is 72.7. The van der Waals surface area contributed by atoms with Gasteiger partial charge < -0.3 is 0 Å². The summed E-state index contributed by atoms with van der Waals surface area (Å²) in [6, 6.07) is 21.8. The first-order valence-corrected chi connectivity index (χ1v) is 39.3. The minimum atomic E-state index is 0.0737. The van der Waals surface area contributed by atoms with Gasteiger partial charge in [0.05, 0.1) is 104 Å². The summed E-state index contributed by atoms with van der Waals surface area (Å²) in [5, 5.41) is 26.4. The topological polar surface area (TPSA) is 242 Å². The molecular weight excluding hydrogens is 1420 g/mol. The van der Waals surface area contributed by atoms with Gasteiger partial charge >= 0.3 is 0 Å². The van der Waals surface area contributed by atoms with E-state index >= 15 is 0 Å². The third-order valence-electron chi connectivity index (χ3n) is 18.8. The van der Waals surface area contributed by atoms with Gasteiger partial charge in [0.2, 0.25) is 5.78 Å². The molecule has 0 N–H and O–H groups in total. The predicted octanol–water partition coefficient (Wildman–Crippen LogP) is 19.3. The van der Waals surface area contributed by atoms with E-state index in [1.54, 1.807) is 29.3 Å². The summed E-state index contributed by atoms with van der Waals surface area (Å²) >= 11 is 0. The zero-order valence-electron chi connectivity index (χ0n) is 74.4. The Morgan fingerprint density at radius 1 is 0.307 bits per heavy atom. The maximum absolute atomic E-state index is 4.64. The van der Waals surface area contributed by atoms with Crippen LogP contribution in [0.4, 0.5) is 0 Å². The first-order valence-electron chi connectivity index (χ1n) is 39.3. The van der Waals surface area contributed by atoms with Gasteiger partial charge in [-0.15, -0.1) is 0 Å². The molecule has 0 saturated carbocycles. The van der Waals surface area contributed by atoms with Crippen molar-refractivity contribution in [3.8, 4) is 0 Å². The highest BCUT2D eigenvalue weighted by molar-refractivity contribution is 5.52. The second-order valence-corrected chi connectivity index (χ2v) is 37.8. The fourth-order valence-electron chi connectivity index (χ4n) is 14.0. The first-order chi connectivity index (χ1) is 52.7. The fourth-order valence-corrected chi connectivity index (χ4v) is 14.0. The molecule has 0 aliphatic heterocycles. The van der Waals surface area contributed by atoms with E-state index in [4.69, 9.17) is 0 Å². The Kier molecular flexibility index (Phi) is 25.3. The van der Waals surface area contributed by atoms with Crippen LogP contribution in [0.2, 0.25) is 0 Å². The molecule has 114 heavy (non-hydrogen) atoms. The lowest BCUT2D eigenvalue weighted by molar-refractivity contribution is 0.546. The Bertz CT molecular complexity index is 5890. The third-order valence-corrected chi connectivity index (χ3v) is 18.8. The largest absolute Gasteiger partial charge is 0.297 e. The Balaban J connectivity index is 0.000000149. The molecule has 0 amide bonds. The van der Waals surface area contributed by atoms with Gasteiger partial charge in [0.25, 0.3) is 0 Å². The van der Waals surface area contributed by atoms with Crippen molar-refractivity contribution in [2.24, 2.45) is 0 Å². The predicted molar refractivity (Wildman–Crippen MR) is 461 cm³/mol. The number of rotatable bonds is 0. The zero-order chi connectivity index (χ0) is 84.5. The van der Waals surface area contributed by atoms with E-state index in [9.17, 15) is 0 Å². The summed E-state index contributed by atoms with van der Waals surface area (Å²) in [6.07, 6.45) is 20.5. The van der Waals surface area contributed by atoms with Crippen LogP contribution in [0.1, 0.15) is 268 Å². The molecule has 0 aromatic carbocycles. The smallest absolute Gasteiger partial charge is 0.234 e. The van der Waals surface area contributed by atoms with Crippen molar-refractivity contribution in [3.63, 3.8) is 0 Å². The van der Waals surface area contributed by atoms with Gasteiger partial charge in [0, 0.05) is 98.6 Å². The molecule has 16 rings (SSSR count). The van der Waals surface area contributed by atoms with Crippen LogP contribution in [0, 0.1) is 69.2 Å². The van der Waals surface area contributed by atoms with E-state index in [2.05, 4.69) is 289 Å². The standard InChI is InChI=1S/C13H19N3.2C12H17N3.3C11H15N3.2C10H13N3/c1-8-7-14-10(3)12-15-9(2)11(16(8)12)13(4,5)6;1-8-6-10-14-9(2)11(12(3,4)5)15(10)13-7-8;1-8-6-7-13-15-10(12(3,4)5)9(2)14-11(8)15;1-8-7-14-10(12-8)6-5-9(13-14)11(2,3)4;1-8-9(11(2,3)4)14-7-5-6-12-10(14)13-8;1-8-10(11(2,3)4)14-9(13-8)6-5-7-12-14;1-10(2,3)8-4-5-9-11-6-7-13(9)12-8;1-10(2,3)8-7-11-9-5-4-6-12-13(8)9/h7H,1-6H3;2*6-7H,1-5H3;3*5-7H,1-4H3;2*4-7H,1-3H3. The van der Waals surface area contributed by atoms with Gasteiger partial charge in [-0.3, -0.25) is 13.8 Å². The molecule has 16 aromatic rings. The van der Waals surface area contributed by atoms with Crippen LogP contribution in [0.15, 0.2) is 135 Å². The SMILES string of the molecule is CC(C)(C)c1ccc2nccn2n1.CC(C)(C)c1cnc2cccnn12.Cc1cn2nc(C(C)(C)C)ccc2n1.Cc1cnn2c(C(C)(C)C)c(C)nc2c1.Cc1nc2c(C)ccnn2c1C(C)(C)C.Cc1nc2c(C)ncc(C)n2c1C(C)(C)C.Cc1nc2cccnn2c1C(C)(C)C.Cc1nc2ncccn2c1C(C)(C)C. The molecule has 16 aromatic heterocycles. The molecule has 24 heteroatoms. The van der Waals surface area contributed by atoms with Crippen LogP contribution >= 0.6 is 0 Å². The van der Waals surface area contributed by atoms with E-state index in [0.29, 0.717) is 0 Å². The molecule has 604 valence electrons. The lowest BCUT2D eigenvalue weighted by Gasteiger charge is -2.20. The van der Waals surface area contributed by atoms with E-state index in [1.807, 2.05) is 168 Å². The molecule has 0 fully saturated rings. The molecule has 0 radical (unpaired) electrons. The molecular formula is C90H124N24. The lowest BCUT2D eigenvalue weighted by atomic mass is 9.90. The van der Waals surface area contributed by atoms with Gasteiger partial charge in [0.1, 0.15) is 0 Å². The van der Waals surface area contributed by atoms with Crippen LogP contribution in [-0.2, 0) is 43.3 Å². The van der Waals surface area contributed by atoms with Crippen molar-refractivity contribution in [2.45, 2.75) is 279 Å². The average Bonchev–Trinajstić information content (AvgIpc) is 1.62. The Hall–Kier alpha value is -11.0. The third kappa shape index (κ3) is 20.3. The van der Waals surface area contributed by atoms with Gasteiger partial charge in [-0.25, -0.2) is 71.9 Å². The number of imidazole rings is 8. The van der Waals surface area contributed by atoms with Gasteiger partial charge in [-0.05, 0) is 147 Å². The number of aromatic nitrogens is 24. The molecule has 0 bridgehead atoms. The van der Waals surface area contributed by atoms with E-state index in [1.165, 1.54) is 34.0 Å². The Labute approximate surface area is 673 Å². The quantitative estimate of drug-likeness (QED) is 0.137. The number of hydrogen-bond acceptors (Lipinski definition) is 16. The molecule has 0 aliphatic carbocycles. The molecule has 0 saturated heterocycles. The summed E-state index contributed by atoms with van der Waals surface area (Å²) in [5.74, 6) is 0.787. The lowest BCUT2D eigenvalue weighted by Crippen LogP contribution is -2.17. The van der Waals surface area contributed by atoms with Crippen molar-refractivity contribution in [2.75, 3.05) is 0 Å². The second-order valence-electron chi connectivity index (χ2n) is 37.8. The Morgan fingerprint density at radius 2 is 0.807 bits per heavy atom. The minimum Gasteiger partial charge on any atom is -0.297 e. The number of fused-ring (bicyclic) bond motifs is 8. The van der Waals surface area contributed by atoms with Crippen LogP contribution in [-0.4, -0.2) is 116 Å². The van der Waals surface area contributed by atoms with Crippen molar-refractivity contribution >= 4 is 45.3 Å². The maximum Gasteiger partial charge on any atom is 0.234 e. The average molecular weight is 1540 g/mol. The highest BCUT2D eigenvalue weighted by Crippen LogP contribution is 2.32. The van der Waals surface area contributed by atoms with Gasteiger partial charge in [-0.2, -0.15) is 30.6 Å². The maximum atomic E-state index is 4.64. The number of aryl methyl sites for hydroxylation is 10. The fraction of sp³-hybridized carbons (Fsp3) is 0.467. The van der Waals surface area contributed by atoms with Crippen molar-refractivity contribution in [1.82, 2.24) is 116 Å². The summed E-state index contributed by atoms with van der Waals surface area (Å²) < 4.78 is 15.7. The van der Waals surface area contributed by atoms with Crippen molar-refractivity contribution in [3.05, 3.63) is 237 Å². The van der Waals surface area contributed by atoms with Crippen LogP contribution in [0.3, 0.4) is 0 Å². The van der Waals surface area contributed by atoms with E-state index in [0.717, 1.165) is 114 Å². The number of hydrogen-bond donors (Lipinski definition) is 0. The normalized spacial score (nSPS) is 12.3. The molecule has 0 spiro atoms. The molecule has 0 atom stereocenters. The summed E-state index contributed by atoms with van der Waals surface area (Å²) in [4.78, 5) is 44.0. The van der Waals surface area contributed by atoms with Crippen LogP contribution in [0.25, 0.3) is 45.3 Å². The molecule has 0 unspecified atom stereocenters. The second kappa shape index (κ2) is 33.2. The molecule has 0 aliphatic rings. The van der Waals surface area contributed by atoms with Gasteiger partial charge in [0.15, 0.2) is 39.5 Å². The highest BCUT2D eigenvalue weighted by atomic mass is 15.3. The monoisotopic (exact) mass is 1540 g/mol. The van der Waals surface area contributed by atoms with Crippen molar-refractivity contribution < 1.29 is 0 Å². The Morgan fingerprint density at radius 3 is 1.39 bits per heavy atom. The minimum absolute atomic E-state index is 0.0737. The van der Waals surface area contributed by atoms with E-state index < -0.39 is 0 Å². The molecule has 16 heterocycles. The van der Waals surface area contributed by atoms with Crippen molar-refractivity contribution in [1.29, 1.82) is 0 Å². The molecule has 24 nitrogen and oxygen atoms in total. The summed E-state index contributed by atoms with van der Waals surface area (Å²) in [7, 11) is 0. The number of nitrogens with zero attached hydrogens (tertiary/aromatic N) is 24. The van der Waals surface area contributed by atoms with E-state index in [-0.39, 0.29) is 43.3 Å². The first kappa shape index (κ1) is 86.9. The van der Waals surface area contributed by atoms with Crippen LogP contribution < -0.4 is 0 Å². The van der Waals surface area contributed by atoms with Gasteiger partial charge in [-0.1, -0.05) is 166 Å². The van der Waals surface area contributed by atoms with Crippen LogP contribution in [0.5, 0.6) is 0 Å². The summed E-state index contributed by atoms with van der Waals surface area (Å²) in [5.41, 5.74) is 27.5.